The van der Waals surface area contributed by atoms with Crippen molar-refractivity contribution in [1.82, 2.24) is 25.1 Å². The normalized spacial score (nSPS) is 12.0. The van der Waals surface area contributed by atoms with Crippen LogP contribution in [-0.4, -0.2) is 31.1 Å². The number of benzene rings is 1. The van der Waals surface area contributed by atoms with E-state index < -0.39 is 17.1 Å². The molecule has 0 bridgehead atoms. The molecule has 0 atom stereocenters. The van der Waals surface area contributed by atoms with E-state index in [1.54, 1.807) is 23.6 Å². The molecular formula is C18H9F3N6O2S2. The highest BCUT2D eigenvalue weighted by Crippen LogP contribution is 2.33. The van der Waals surface area contributed by atoms with Crippen LogP contribution in [0.2, 0.25) is 0 Å². The molecule has 4 aromatic heterocycles. The number of nitrogens with one attached hydrogen (secondary N) is 3. The highest BCUT2D eigenvalue weighted by Gasteiger charge is 2.35. The zero-order valence-electron chi connectivity index (χ0n) is 15.1. The second-order valence-corrected chi connectivity index (χ2v) is 8.16. The molecule has 5 rings (SSSR count). The molecule has 156 valence electrons. The summed E-state index contributed by atoms with van der Waals surface area (Å²) < 4.78 is 37.9. The van der Waals surface area contributed by atoms with Gasteiger partial charge in [-0.3, -0.25) is 14.9 Å². The van der Waals surface area contributed by atoms with Gasteiger partial charge < -0.3 is 9.97 Å². The molecule has 31 heavy (non-hydrogen) atoms. The summed E-state index contributed by atoms with van der Waals surface area (Å²) >= 11 is 1.66. The maximum Gasteiger partial charge on any atom is 0.445 e. The number of aromatic nitrogens is 5. The summed E-state index contributed by atoms with van der Waals surface area (Å²) in [5.41, 5.74) is 2.51. The number of halogens is 3. The van der Waals surface area contributed by atoms with Crippen molar-refractivity contribution in [2.24, 2.45) is 0 Å². The van der Waals surface area contributed by atoms with Gasteiger partial charge in [-0.15, -0.1) is 21.5 Å². The van der Waals surface area contributed by atoms with Crippen LogP contribution in [0.1, 0.15) is 15.4 Å². The molecule has 0 aliphatic rings. The Hall–Kier alpha value is -3.58. The molecule has 8 nitrogen and oxygen atoms in total. The number of carbonyl (C=O) groups is 1. The van der Waals surface area contributed by atoms with Crippen LogP contribution in [0.15, 0.2) is 39.8 Å². The van der Waals surface area contributed by atoms with Crippen LogP contribution in [0.25, 0.3) is 33.3 Å². The van der Waals surface area contributed by atoms with Gasteiger partial charge in [0.15, 0.2) is 5.69 Å². The number of aromatic amines is 2. The number of carbonyl (C=O) groups excluding carboxylic acids is 1. The number of anilines is 1. The first kappa shape index (κ1) is 19.4. The predicted octanol–water partition coefficient (Wildman–Crippen LogP) is 4.26. The van der Waals surface area contributed by atoms with Gasteiger partial charge >= 0.3 is 6.18 Å². The Bertz CT molecular complexity index is 1510. The summed E-state index contributed by atoms with van der Waals surface area (Å²) in [6.45, 7) is 0. The first-order valence-corrected chi connectivity index (χ1v) is 10.4. The number of hydrogen-bond acceptors (Lipinski definition) is 7. The minimum atomic E-state index is -4.63. The van der Waals surface area contributed by atoms with E-state index in [9.17, 15) is 22.8 Å². The number of rotatable bonds is 3. The number of nitrogens with zero attached hydrogens (tertiary/aromatic N) is 3. The number of fused-ring (bicyclic) bond motifs is 2. The van der Waals surface area contributed by atoms with Crippen LogP contribution < -0.4 is 10.9 Å². The van der Waals surface area contributed by atoms with E-state index in [1.165, 1.54) is 17.4 Å². The van der Waals surface area contributed by atoms with Crippen molar-refractivity contribution in [2.75, 3.05) is 5.32 Å². The van der Waals surface area contributed by atoms with E-state index in [1.807, 2.05) is 5.38 Å². The Kier molecular flexibility index (Phi) is 4.37. The Labute approximate surface area is 177 Å². The lowest BCUT2D eigenvalue weighted by Gasteiger charge is -2.01. The molecular weight excluding hydrogens is 453 g/mol. The third-order valence-electron chi connectivity index (χ3n) is 4.36. The minimum absolute atomic E-state index is 0.206. The van der Waals surface area contributed by atoms with Gasteiger partial charge in [0.05, 0.1) is 16.7 Å². The third-order valence-corrected chi connectivity index (χ3v) is 5.98. The fraction of sp³-hybridized carbons (Fsp3) is 0.0556. The monoisotopic (exact) mass is 462 g/mol. The maximum absolute atomic E-state index is 12.6. The van der Waals surface area contributed by atoms with Gasteiger partial charge in [0.2, 0.25) is 10.1 Å². The van der Waals surface area contributed by atoms with Crippen molar-refractivity contribution < 1.29 is 18.0 Å². The molecule has 0 fully saturated rings. The summed E-state index contributed by atoms with van der Waals surface area (Å²) in [6, 6.07) is 6.36. The number of hydrogen-bond donors (Lipinski definition) is 3. The van der Waals surface area contributed by atoms with E-state index >= 15 is 0 Å². The molecule has 0 radical (unpaired) electrons. The largest absolute Gasteiger partial charge is 0.445 e. The minimum Gasteiger partial charge on any atom is -0.353 e. The summed E-state index contributed by atoms with van der Waals surface area (Å²) in [6.07, 6.45) is -4.63. The molecule has 0 saturated carbocycles. The summed E-state index contributed by atoms with van der Waals surface area (Å²) in [5.74, 6) is -0.634. The number of alkyl halides is 3. The lowest BCUT2D eigenvalue weighted by atomic mass is 10.1. The molecule has 0 spiro atoms. The molecule has 0 unspecified atom stereocenters. The van der Waals surface area contributed by atoms with Crippen LogP contribution in [0.4, 0.5) is 18.3 Å². The van der Waals surface area contributed by atoms with Gasteiger partial charge in [-0.25, -0.2) is 4.98 Å². The Balaban J connectivity index is 1.45. The quantitative estimate of drug-likeness (QED) is 0.371. The maximum atomic E-state index is 12.6. The standard InChI is InChI=1S/C18H9F3N6O2S2/c19-18(20,21)16-26-27-17(31-16)25-14(28)7-1-2-9-8(3-7)4-10(22-9)13-15(29)24-12-6-30-5-11(12)23-13/h1-6,22H,(H,24,29)(H,25,27,28). The first-order chi connectivity index (χ1) is 14.8. The summed E-state index contributed by atoms with van der Waals surface area (Å²) in [4.78, 5) is 35.0. The van der Waals surface area contributed by atoms with Gasteiger partial charge in [0, 0.05) is 27.2 Å². The number of H-pyrrole nitrogens is 2. The van der Waals surface area contributed by atoms with E-state index in [0.717, 1.165) is 0 Å². The van der Waals surface area contributed by atoms with Crippen LogP contribution in [-0.2, 0) is 6.18 Å². The van der Waals surface area contributed by atoms with Crippen molar-refractivity contribution in [3.63, 3.8) is 0 Å². The van der Waals surface area contributed by atoms with Crippen molar-refractivity contribution in [3.8, 4) is 11.4 Å². The summed E-state index contributed by atoms with van der Waals surface area (Å²) in [5, 5.41) is 11.5. The lowest BCUT2D eigenvalue weighted by molar-refractivity contribution is -0.138. The second-order valence-electron chi connectivity index (χ2n) is 6.43. The smallest absolute Gasteiger partial charge is 0.353 e. The molecule has 4 heterocycles. The van der Waals surface area contributed by atoms with Gasteiger partial charge in [0.25, 0.3) is 11.5 Å². The highest BCUT2D eigenvalue weighted by atomic mass is 32.1. The van der Waals surface area contributed by atoms with E-state index in [4.69, 9.17) is 0 Å². The SMILES string of the molecule is O=C(Nc1nnc(C(F)(F)F)s1)c1ccc2[nH]c(-c3nc4cscc4[nH]c3=O)cc2c1. The Morgan fingerprint density at radius 3 is 2.68 bits per heavy atom. The van der Waals surface area contributed by atoms with E-state index in [2.05, 4.69) is 30.5 Å². The molecule has 0 aliphatic carbocycles. The molecule has 0 saturated heterocycles. The van der Waals surface area contributed by atoms with Gasteiger partial charge in [0.1, 0.15) is 0 Å². The van der Waals surface area contributed by atoms with Crippen molar-refractivity contribution in [1.29, 1.82) is 0 Å². The number of thiophene rings is 1. The zero-order chi connectivity index (χ0) is 21.8. The Morgan fingerprint density at radius 1 is 1.06 bits per heavy atom. The van der Waals surface area contributed by atoms with Gasteiger partial charge in [-0.2, -0.15) is 13.2 Å². The molecule has 1 aromatic carbocycles. The molecule has 13 heteroatoms. The van der Waals surface area contributed by atoms with Crippen LogP contribution in [0.5, 0.6) is 0 Å². The summed E-state index contributed by atoms with van der Waals surface area (Å²) in [7, 11) is 0. The fourth-order valence-corrected chi connectivity index (χ4v) is 4.26. The highest BCUT2D eigenvalue weighted by molar-refractivity contribution is 7.15. The third kappa shape index (κ3) is 3.57. The van der Waals surface area contributed by atoms with Crippen molar-refractivity contribution in [3.05, 3.63) is 56.0 Å². The van der Waals surface area contributed by atoms with Crippen LogP contribution in [0, 0.1) is 0 Å². The van der Waals surface area contributed by atoms with Gasteiger partial charge in [-0.05, 0) is 24.3 Å². The fourth-order valence-electron chi connectivity index (χ4n) is 2.96. The average Bonchev–Trinajstić information content (AvgIpc) is 3.44. The lowest BCUT2D eigenvalue weighted by Crippen LogP contribution is -2.11. The second kappa shape index (κ2) is 6.99. The first-order valence-electron chi connectivity index (χ1n) is 8.59. The van der Waals surface area contributed by atoms with Crippen molar-refractivity contribution in [2.45, 2.75) is 6.18 Å². The molecule has 0 aliphatic heterocycles. The Morgan fingerprint density at radius 2 is 1.90 bits per heavy atom. The molecule has 3 N–H and O–H groups in total. The van der Waals surface area contributed by atoms with Crippen LogP contribution in [0.3, 0.4) is 0 Å². The number of amides is 1. The van der Waals surface area contributed by atoms with E-state index in [0.29, 0.717) is 27.6 Å². The topological polar surface area (TPSA) is 116 Å². The average molecular weight is 462 g/mol. The zero-order valence-corrected chi connectivity index (χ0v) is 16.7. The molecule has 1 amide bonds. The predicted molar refractivity (Wildman–Crippen MR) is 110 cm³/mol. The van der Waals surface area contributed by atoms with Gasteiger partial charge in [-0.1, -0.05) is 11.3 Å². The van der Waals surface area contributed by atoms with E-state index in [-0.39, 0.29) is 33.3 Å². The van der Waals surface area contributed by atoms with Crippen LogP contribution >= 0.6 is 22.7 Å². The molecule has 5 aromatic rings. The van der Waals surface area contributed by atoms with Crippen molar-refractivity contribution >= 4 is 55.6 Å².